The van der Waals surface area contributed by atoms with Crippen LogP contribution in [0.25, 0.3) is 0 Å². The Morgan fingerprint density at radius 2 is 1.84 bits per heavy atom. The van der Waals surface area contributed by atoms with Gasteiger partial charge in [0.05, 0.1) is 0 Å². The number of amides is 1. The molecule has 1 aromatic rings. The third kappa shape index (κ3) is 2.62. The van der Waals surface area contributed by atoms with Gasteiger partial charge in [0.25, 0.3) is 0 Å². The predicted molar refractivity (Wildman–Crippen MR) is 76.5 cm³/mol. The molecule has 1 saturated heterocycles. The van der Waals surface area contributed by atoms with Gasteiger partial charge in [-0.05, 0) is 36.1 Å². The zero-order chi connectivity index (χ0) is 13.4. The van der Waals surface area contributed by atoms with Crippen LogP contribution < -0.4 is 0 Å². The van der Waals surface area contributed by atoms with Crippen molar-refractivity contribution in [3.8, 4) is 0 Å². The van der Waals surface area contributed by atoms with Gasteiger partial charge in [-0.25, -0.2) is 4.79 Å². The Bertz CT molecular complexity index is 498. The Kier molecular flexibility index (Phi) is 3.50. The molecule has 0 saturated carbocycles. The number of hydrogen-bond donors (Lipinski definition) is 1. The second kappa shape index (κ2) is 5.13. The first-order valence-electron chi connectivity index (χ1n) is 6.63. The van der Waals surface area contributed by atoms with Crippen molar-refractivity contribution in [1.29, 1.82) is 0 Å². The highest BCUT2D eigenvalue weighted by Crippen LogP contribution is 2.28. The Hall–Kier alpha value is -1.07. The summed E-state index contributed by atoms with van der Waals surface area (Å²) in [6.07, 6.45) is 1.38. The molecule has 4 nitrogen and oxygen atoms in total. The van der Waals surface area contributed by atoms with Gasteiger partial charge in [0.1, 0.15) is 0 Å². The van der Waals surface area contributed by atoms with Crippen LogP contribution in [0.3, 0.4) is 0 Å². The number of rotatable bonds is 1. The molecule has 1 amide bonds. The first-order valence-corrected chi connectivity index (χ1v) is 7.42. The molecular weight excluding hydrogens is 308 g/mol. The molecule has 102 valence electrons. The highest BCUT2D eigenvalue weighted by molar-refractivity contribution is 9.10. The smallest absolute Gasteiger partial charge is 0.407 e. The van der Waals surface area contributed by atoms with E-state index in [4.69, 9.17) is 5.11 Å². The third-order valence-electron chi connectivity index (χ3n) is 4.18. The van der Waals surface area contributed by atoms with E-state index in [1.807, 2.05) is 0 Å². The van der Waals surface area contributed by atoms with Crippen molar-refractivity contribution in [3.05, 3.63) is 33.8 Å². The lowest BCUT2D eigenvalue weighted by molar-refractivity contribution is 0.0870. The molecular formula is C14H17BrN2O2. The summed E-state index contributed by atoms with van der Waals surface area (Å²) in [5, 5.41) is 8.96. The van der Waals surface area contributed by atoms with E-state index in [1.165, 1.54) is 16.0 Å². The van der Waals surface area contributed by atoms with E-state index in [0.717, 1.165) is 30.4 Å². The fourth-order valence-electron chi connectivity index (χ4n) is 3.10. The lowest BCUT2D eigenvalue weighted by atomic mass is 10.1. The van der Waals surface area contributed by atoms with Crippen molar-refractivity contribution < 1.29 is 9.90 Å². The van der Waals surface area contributed by atoms with Gasteiger partial charge in [0.2, 0.25) is 0 Å². The zero-order valence-electron chi connectivity index (χ0n) is 10.7. The Labute approximate surface area is 121 Å². The molecule has 1 aliphatic heterocycles. The van der Waals surface area contributed by atoms with E-state index in [9.17, 15) is 4.79 Å². The lowest BCUT2D eigenvalue weighted by Gasteiger charge is -2.36. The zero-order valence-corrected chi connectivity index (χ0v) is 12.3. The van der Waals surface area contributed by atoms with Crippen molar-refractivity contribution in [3.63, 3.8) is 0 Å². The van der Waals surface area contributed by atoms with Crippen LogP contribution in [0.15, 0.2) is 22.7 Å². The minimum absolute atomic E-state index is 0.542. The normalized spacial score (nSPS) is 23.4. The number of nitrogens with zero attached hydrogens (tertiary/aromatic N) is 2. The molecule has 1 atom stereocenters. The van der Waals surface area contributed by atoms with Crippen molar-refractivity contribution in [1.82, 2.24) is 9.80 Å². The molecule has 0 aromatic heterocycles. The molecule has 0 bridgehead atoms. The summed E-state index contributed by atoms with van der Waals surface area (Å²) in [4.78, 5) is 14.8. The van der Waals surface area contributed by atoms with Crippen molar-refractivity contribution >= 4 is 22.0 Å². The monoisotopic (exact) mass is 324 g/mol. The topological polar surface area (TPSA) is 43.8 Å². The van der Waals surface area contributed by atoms with Gasteiger partial charge >= 0.3 is 6.09 Å². The van der Waals surface area contributed by atoms with Gasteiger partial charge in [-0.1, -0.05) is 22.0 Å². The van der Waals surface area contributed by atoms with Crippen molar-refractivity contribution in [2.24, 2.45) is 0 Å². The number of carbonyl (C=O) groups is 1. The molecule has 1 aromatic carbocycles. The first-order chi connectivity index (χ1) is 9.13. The molecule has 1 aliphatic carbocycles. The molecule has 1 N–H and O–H groups in total. The second-order valence-corrected chi connectivity index (χ2v) is 6.20. The summed E-state index contributed by atoms with van der Waals surface area (Å²) < 4.78 is 1.14. The van der Waals surface area contributed by atoms with Crippen LogP contribution >= 0.6 is 15.9 Å². The molecule has 3 rings (SSSR count). The maximum Gasteiger partial charge on any atom is 0.407 e. The SMILES string of the molecule is O=C(O)N1CCN(C2Cc3ccc(Br)cc3C2)CC1. The van der Waals surface area contributed by atoms with Crippen LogP contribution in [0.4, 0.5) is 4.79 Å². The summed E-state index contributed by atoms with van der Waals surface area (Å²) >= 11 is 3.52. The van der Waals surface area contributed by atoms with E-state index in [2.05, 4.69) is 39.0 Å². The highest BCUT2D eigenvalue weighted by Gasteiger charge is 2.30. The van der Waals surface area contributed by atoms with Crippen LogP contribution in [-0.2, 0) is 12.8 Å². The molecule has 1 heterocycles. The Morgan fingerprint density at radius 3 is 2.53 bits per heavy atom. The van der Waals surface area contributed by atoms with E-state index in [1.54, 1.807) is 0 Å². The Balaban J connectivity index is 1.63. The van der Waals surface area contributed by atoms with Crippen LogP contribution in [0.2, 0.25) is 0 Å². The fourth-order valence-corrected chi connectivity index (χ4v) is 3.51. The number of hydrogen-bond acceptors (Lipinski definition) is 2. The van der Waals surface area contributed by atoms with E-state index < -0.39 is 6.09 Å². The molecule has 0 spiro atoms. The average Bonchev–Trinajstić information content (AvgIpc) is 2.81. The van der Waals surface area contributed by atoms with Gasteiger partial charge in [0, 0.05) is 36.7 Å². The number of fused-ring (bicyclic) bond motifs is 1. The molecule has 5 heteroatoms. The second-order valence-electron chi connectivity index (χ2n) is 5.28. The van der Waals surface area contributed by atoms with Gasteiger partial charge in [-0.3, -0.25) is 4.90 Å². The largest absolute Gasteiger partial charge is 0.465 e. The Morgan fingerprint density at radius 1 is 1.16 bits per heavy atom. The molecule has 1 fully saturated rings. The van der Waals surface area contributed by atoms with Crippen molar-refractivity contribution in [2.75, 3.05) is 26.2 Å². The quantitative estimate of drug-likeness (QED) is 0.861. The van der Waals surface area contributed by atoms with Gasteiger partial charge in [-0.15, -0.1) is 0 Å². The fraction of sp³-hybridized carbons (Fsp3) is 0.500. The van der Waals surface area contributed by atoms with E-state index >= 15 is 0 Å². The van der Waals surface area contributed by atoms with Crippen molar-refractivity contribution in [2.45, 2.75) is 18.9 Å². The summed E-state index contributed by atoms with van der Waals surface area (Å²) in [6.45, 7) is 2.97. The maximum atomic E-state index is 10.9. The summed E-state index contributed by atoms with van der Waals surface area (Å²) in [5.74, 6) is 0. The van der Waals surface area contributed by atoms with Crippen LogP contribution in [0, 0.1) is 0 Å². The maximum absolute atomic E-state index is 10.9. The van der Waals surface area contributed by atoms with Crippen LogP contribution in [0.5, 0.6) is 0 Å². The number of carboxylic acid groups (broad SMARTS) is 1. The molecule has 1 unspecified atom stereocenters. The number of benzene rings is 1. The first kappa shape index (κ1) is 12.9. The molecule has 19 heavy (non-hydrogen) atoms. The molecule has 2 aliphatic rings. The average molecular weight is 325 g/mol. The minimum atomic E-state index is -0.793. The van der Waals surface area contributed by atoms with Gasteiger partial charge in [0.15, 0.2) is 0 Å². The van der Waals surface area contributed by atoms with Gasteiger partial charge < -0.3 is 10.0 Å². The highest BCUT2D eigenvalue weighted by atomic mass is 79.9. The van der Waals surface area contributed by atoms with Gasteiger partial charge in [-0.2, -0.15) is 0 Å². The molecule has 0 radical (unpaired) electrons. The number of piperazine rings is 1. The standard InChI is InChI=1S/C14H17BrN2O2/c15-12-2-1-10-8-13(9-11(10)7-12)16-3-5-17(6-4-16)14(18)19/h1-2,7,13H,3-6,8-9H2,(H,18,19). The predicted octanol–water partition coefficient (Wildman–Crippen LogP) is 2.21. The van der Waals surface area contributed by atoms with E-state index in [0.29, 0.717) is 19.1 Å². The van der Waals surface area contributed by atoms with Crippen LogP contribution in [0.1, 0.15) is 11.1 Å². The lowest BCUT2D eigenvalue weighted by Crippen LogP contribution is -2.51. The minimum Gasteiger partial charge on any atom is -0.465 e. The summed E-state index contributed by atoms with van der Waals surface area (Å²) in [6, 6.07) is 7.06. The number of halogens is 1. The summed E-state index contributed by atoms with van der Waals surface area (Å²) in [7, 11) is 0. The van der Waals surface area contributed by atoms with Crippen LogP contribution in [-0.4, -0.2) is 53.2 Å². The van der Waals surface area contributed by atoms with E-state index in [-0.39, 0.29) is 0 Å². The third-order valence-corrected chi connectivity index (χ3v) is 4.67. The summed E-state index contributed by atoms with van der Waals surface area (Å²) in [5.41, 5.74) is 2.87.